The van der Waals surface area contributed by atoms with Crippen LogP contribution < -0.4 is 10.5 Å². The van der Waals surface area contributed by atoms with Gasteiger partial charge in [-0.2, -0.15) is 0 Å². The molecule has 0 atom stereocenters. The summed E-state index contributed by atoms with van der Waals surface area (Å²) in [6, 6.07) is 3.70. The number of benzene rings is 1. The summed E-state index contributed by atoms with van der Waals surface area (Å²) >= 11 is 0. The van der Waals surface area contributed by atoms with Crippen LogP contribution in [0.1, 0.15) is 0 Å². The van der Waals surface area contributed by atoms with E-state index in [-0.39, 0.29) is 34.1 Å². The number of imidazole rings is 1. The zero-order valence-corrected chi connectivity index (χ0v) is 9.35. The van der Waals surface area contributed by atoms with E-state index in [1.165, 1.54) is 24.5 Å². The van der Waals surface area contributed by atoms with Gasteiger partial charge in [0.05, 0.1) is 11.9 Å². The molecule has 2 aromatic heterocycles. The smallest absolute Gasteiger partial charge is 0.277 e. The van der Waals surface area contributed by atoms with E-state index in [0.29, 0.717) is 0 Å². The Hall–Kier alpha value is -2.90. The van der Waals surface area contributed by atoms with Crippen molar-refractivity contribution in [3.05, 3.63) is 34.9 Å². The minimum atomic E-state index is -0.453. The molecule has 96 valence electrons. The fourth-order valence-corrected chi connectivity index (χ4v) is 1.74. The lowest BCUT2D eigenvalue weighted by molar-refractivity contribution is -0.00555. The van der Waals surface area contributed by atoms with E-state index in [1.807, 2.05) is 0 Å². The molecule has 0 unspecified atom stereocenters. The van der Waals surface area contributed by atoms with Crippen molar-refractivity contribution in [2.75, 3.05) is 0 Å². The molecule has 0 saturated heterocycles. The first-order valence-corrected chi connectivity index (χ1v) is 5.24. The summed E-state index contributed by atoms with van der Waals surface area (Å²) in [4.78, 5) is 28.5. The van der Waals surface area contributed by atoms with Gasteiger partial charge in [0.25, 0.3) is 5.56 Å². The quantitative estimate of drug-likeness (QED) is 0.645. The molecule has 0 spiro atoms. The number of nitrogens with one attached hydrogen (secondary N) is 2. The van der Waals surface area contributed by atoms with Gasteiger partial charge in [0.1, 0.15) is 11.6 Å². The average Bonchev–Trinajstić information content (AvgIpc) is 2.87. The molecule has 1 aromatic carbocycles. The van der Waals surface area contributed by atoms with Crippen LogP contribution >= 0.6 is 0 Å². The number of nitrogens with zero attached hydrogens (tertiary/aromatic N) is 2. The molecule has 3 rings (SSSR count). The van der Waals surface area contributed by atoms with Crippen molar-refractivity contribution >= 4 is 11.2 Å². The second-order valence-electron chi connectivity index (χ2n) is 3.77. The van der Waals surface area contributed by atoms with Crippen LogP contribution in [-0.4, -0.2) is 25.0 Å². The molecular formula is C11H7FN4O3. The van der Waals surface area contributed by atoms with Crippen molar-refractivity contribution in [2.24, 2.45) is 0 Å². The van der Waals surface area contributed by atoms with E-state index < -0.39 is 5.56 Å². The van der Waals surface area contributed by atoms with E-state index >= 15 is 0 Å². The molecule has 8 heteroatoms. The Morgan fingerprint density at radius 2 is 2.21 bits per heavy atom. The van der Waals surface area contributed by atoms with Crippen molar-refractivity contribution in [3.63, 3.8) is 0 Å². The number of fused-ring (bicyclic) bond motifs is 1. The number of rotatable bonds is 2. The highest BCUT2D eigenvalue weighted by atomic mass is 19.3. The lowest BCUT2D eigenvalue weighted by atomic mass is 10.1. The second kappa shape index (κ2) is 4.09. The molecule has 0 aliphatic heterocycles. The molecule has 7 nitrogen and oxygen atoms in total. The largest absolute Gasteiger partial charge is 0.508 e. The maximum atomic E-state index is 12.4. The van der Waals surface area contributed by atoms with E-state index in [2.05, 4.69) is 24.9 Å². The number of phenols is 1. The summed E-state index contributed by atoms with van der Waals surface area (Å²) in [7, 11) is 0. The summed E-state index contributed by atoms with van der Waals surface area (Å²) in [5.74, 6) is -0.232. The molecule has 2 heterocycles. The van der Waals surface area contributed by atoms with Crippen molar-refractivity contribution < 1.29 is 14.6 Å². The molecule has 0 fully saturated rings. The van der Waals surface area contributed by atoms with Gasteiger partial charge in [-0.25, -0.2) is 9.97 Å². The van der Waals surface area contributed by atoms with Crippen molar-refractivity contribution in [2.45, 2.75) is 0 Å². The highest BCUT2D eigenvalue weighted by Gasteiger charge is 2.13. The Kier molecular flexibility index (Phi) is 2.41. The summed E-state index contributed by atoms with van der Waals surface area (Å²) in [6.45, 7) is 0. The first kappa shape index (κ1) is 11.2. The molecule has 19 heavy (non-hydrogen) atoms. The lowest BCUT2D eigenvalue weighted by Crippen LogP contribution is -2.09. The third-order valence-corrected chi connectivity index (χ3v) is 2.60. The molecule has 0 saturated carbocycles. The Morgan fingerprint density at radius 3 is 3.00 bits per heavy atom. The van der Waals surface area contributed by atoms with Gasteiger partial charge in [-0.05, 0) is 18.2 Å². The van der Waals surface area contributed by atoms with Crippen molar-refractivity contribution in [1.29, 1.82) is 0 Å². The molecule has 0 aliphatic rings. The molecule has 0 amide bonds. The topological polar surface area (TPSA) is 104 Å². The standard InChI is InChI=1S/C11H7FN4O3/c12-19-7-2-1-5(17)3-6(7)9-15-10-8(11(18)16-9)13-4-14-10/h1-4,17H,(H2,13,14,15,16,18). The van der Waals surface area contributed by atoms with Gasteiger partial charge in [0.2, 0.25) is 0 Å². The lowest BCUT2D eigenvalue weighted by Gasteiger charge is -2.05. The number of aromatic amines is 2. The number of aromatic nitrogens is 4. The zero-order chi connectivity index (χ0) is 13.4. The van der Waals surface area contributed by atoms with Crippen molar-refractivity contribution in [1.82, 2.24) is 19.9 Å². The zero-order valence-electron chi connectivity index (χ0n) is 9.35. The predicted molar refractivity (Wildman–Crippen MR) is 63.3 cm³/mol. The molecule has 0 aliphatic carbocycles. The van der Waals surface area contributed by atoms with Crippen LogP contribution in [0.3, 0.4) is 0 Å². The normalized spacial score (nSPS) is 10.8. The number of halogens is 1. The van der Waals surface area contributed by atoms with Crippen LogP contribution in [-0.2, 0) is 0 Å². The first-order valence-electron chi connectivity index (χ1n) is 5.24. The van der Waals surface area contributed by atoms with E-state index in [9.17, 15) is 14.4 Å². The predicted octanol–water partition coefficient (Wildman–Crippen LogP) is 1.28. The monoisotopic (exact) mass is 262 g/mol. The number of H-pyrrole nitrogens is 2. The minimum absolute atomic E-state index is 0.0492. The van der Waals surface area contributed by atoms with Gasteiger partial charge in [-0.15, -0.1) is 0 Å². The molecule has 0 radical (unpaired) electrons. The van der Waals surface area contributed by atoms with Gasteiger partial charge in [0.15, 0.2) is 16.9 Å². The number of aromatic hydroxyl groups is 1. The highest BCUT2D eigenvalue weighted by Crippen LogP contribution is 2.31. The maximum Gasteiger partial charge on any atom is 0.277 e. The van der Waals surface area contributed by atoms with Gasteiger partial charge in [-0.1, -0.05) is 0 Å². The number of hydrogen-bond acceptors (Lipinski definition) is 5. The summed E-state index contributed by atoms with van der Waals surface area (Å²) < 4.78 is 12.4. The maximum absolute atomic E-state index is 12.4. The number of hydrogen-bond donors (Lipinski definition) is 3. The summed E-state index contributed by atoms with van der Waals surface area (Å²) in [5.41, 5.74) is 0.0636. The summed E-state index contributed by atoms with van der Waals surface area (Å²) in [5, 5.41) is 9.42. The van der Waals surface area contributed by atoms with E-state index in [0.717, 1.165) is 0 Å². The fraction of sp³-hybridized carbons (Fsp3) is 0. The van der Waals surface area contributed by atoms with Gasteiger partial charge < -0.3 is 15.1 Å². The minimum Gasteiger partial charge on any atom is -0.508 e. The molecular weight excluding hydrogens is 255 g/mol. The molecule has 3 N–H and O–H groups in total. The van der Waals surface area contributed by atoms with E-state index in [1.54, 1.807) is 0 Å². The fourth-order valence-electron chi connectivity index (χ4n) is 1.74. The Bertz CT molecular complexity index is 811. The van der Waals surface area contributed by atoms with E-state index in [4.69, 9.17) is 0 Å². The van der Waals surface area contributed by atoms with Crippen LogP contribution in [0.25, 0.3) is 22.6 Å². The third kappa shape index (κ3) is 1.79. The Morgan fingerprint density at radius 1 is 1.37 bits per heavy atom. The average molecular weight is 262 g/mol. The van der Waals surface area contributed by atoms with Crippen molar-refractivity contribution in [3.8, 4) is 22.9 Å². The van der Waals surface area contributed by atoms with Crippen LogP contribution in [0.5, 0.6) is 11.5 Å². The van der Waals surface area contributed by atoms with Crippen LogP contribution in [0.15, 0.2) is 29.3 Å². The first-order chi connectivity index (χ1) is 9.19. The SMILES string of the molecule is O=c1[nH]c(-c2cc(O)ccc2OF)nc2nc[nH]c12. The van der Waals surface area contributed by atoms with Crippen LogP contribution in [0.4, 0.5) is 4.53 Å². The van der Waals surface area contributed by atoms with Gasteiger partial charge in [-0.3, -0.25) is 9.74 Å². The number of phenolic OH excluding ortho intramolecular Hbond substituents is 1. The molecule has 3 aromatic rings. The highest BCUT2D eigenvalue weighted by molar-refractivity contribution is 5.74. The van der Waals surface area contributed by atoms with Crippen LogP contribution in [0.2, 0.25) is 0 Å². The summed E-state index contributed by atoms with van der Waals surface area (Å²) in [6.07, 6.45) is 1.33. The van der Waals surface area contributed by atoms with Gasteiger partial charge in [0, 0.05) is 4.53 Å². The molecule has 0 bridgehead atoms. The Labute approximate surface area is 104 Å². The van der Waals surface area contributed by atoms with Gasteiger partial charge >= 0.3 is 0 Å². The third-order valence-electron chi connectivity index (χ3n) is 2.60. The second-order valence-corrected chi connectivity index (χ2v) is 3.77. The van der Waals surface area contributed by atoms with Crippen LogP contribution in [0, 0.1) is 0 Å². The Balaban J connectivity index is 2.29.